The molecule has 5 nitrogen and oxygen atoms in total. The molecule has 0 aliphatic heterocycles. The van der Waals surface area contributed by atoms with Crippen LogP contribution in [0.4, 0.5) is 0 Å². The molecule has 0 bridgehead atoms. The molecule has 0 aliphatic carbocycles. The SMILES string of the molecule is CCCN(C(=O)c1ccccc1)C(C)c1nc2ccccc2c(=O)n1-c1ccccc1Cl. The molecule has 1 amide bonds. The monoisotopic (exact) mass is 445 g/mol. The maximum Gasteiger partial charge on any atom is 0.266 e. The molecule has 4 rings (SSSR count). The molecule has 1 atom stereocenters. The predicted octanol–water partition coefficient (Wildman–Crippen LogP) is 5.65. The van der Waals surface area contributed by atoms with Gasteiger partial charge in [-0.05, 0) is 49.7 Å². The van der Waals surface area contributed by atoms with E-state index in [0.717, 1.165) is 6.42 Å². The van der Waals surface area contributed by atoms with Crippen molar-refractivity contribution >= 4 is 28.4 Å². The number of rotatable bonds is 6. The highest BCUT2D eigenvalue weighted by molar-refractivity contribution is 6.32. The van der Waals surface area contributed by atoms with Crippen molar-refractivity contribution in [3.8, 4) is 5.69 Å². The maximum absolute atomic E-state index is 13.6. The lowest BCUT2D eigenvalue weighted by Crippen LogP contribution is -2.38. The highest BCUT2D eigenvalue weighted by atomic mass is 35.5. The first-order valence-corrected chi connectivity index (χ1v) is 11.0. The zero-order valence-electron chi connectivity index (χ0n) is 18.0. The minimum Gasteiger partial charge on any atom is -0.329 e. The van der Waals surface area contributed by atoms with Crippen LogP contribution in [0.15, 0.2) is 83.7 Å². The van der Waals surface area contributed by atoms with Crippen LogP contribution in [-0.4, -0.2) is 26.9 Å². The van der Waals surface area contributed by atoms with Crippen molar-refractivity contribution in [1.29, 1.82) is 0 Å². The molecule has 4 aromatic rings. The van der Waals surface area contributed by atoms with Crippen molar-refractivity contribution in [3.63, 3.8) is 0 Å². The Hall–Kier alpha value is -3.44. The van der Waals surface area contributed by atoms with Crippen LogP contribution >= 0.6 is 11.6 Å². The molecular formula is C26H24ClN3O2. The van der Waals surface area contributed by atoms with Gasteiger partial charge < -0.3 is 4.90 Å². The predicted molar refractivity (Wildman–Crippen MR) is 129 cm³/mol. The van der Waals surface area contributed by atoms with E-state index < -0.39 is 6.04 Å². The molecule has 1 unspecified atom stereocenters. The van der Waals surface area contributed by atoms with E-state index in [-0.39, 0.29) is 11.5 Å². The van der Waals surface area contributed by atoms with E-state index in [0.29, 0.717) is 39.5 Å². The number of carbonyl (C=O) groups is 1. The smallest absolute Gasteiger partial charge is 0.266 e. The van der Waals surface area contributed by atoms with Crippen LogP contribution in [-0.2, 0) is 0 Å². The lowest BCUT2D eigenvalue weighted by atomic mass is 10.1. The fourth-order valence-corrected chi connectivity index (χ4v) is 4.11. The van der Waals surface area contributed by atoms with Gasteiger partial charge in [-0.25, -0.2) is 4.98 Å². The lowest BCUT2D eigenvalue weighted by Gasteiger charge is -2.30. The Morgan fingerprint density at radius 3 is 2.38 bits per heavy atom. The fourth-order valence-electron chi connectivity index (χ4n) is 3.89. The molecule has 0 radical (unpaired) electrons. The number of hydrogen-bond acceptors (Lipinski definition) is 3. The molecule has 0 spiro atoms. The quantitative estimate of drug-likeness (QED) is 0.385. The molecule has 0 saturated carbocycles. The number of para-hydroxylation sites is 2. The average molecular weight is 446 g/mol. The van der Waals surface area contributed by atoms with E-state index in [4.69, 9.17) is 16.6 Å². The summed E-state index contributed by atoms with van der Waals surface area (Å²) in [5.41, 5.74) is 1.52. The van der Waals surface area contributed by atoms with Crippen LogP contribution in [0.3, 0.4) is 0 Å². The van der Waals surface area contributed by atoms with Gasteiger partial charge in [0, 0.05) is 12.1 Å². The van der Waals surface area contributed by atoms with Crippen LogP contribution in [0, 0.1) is 0 Å². The Balaban J connectivity index is 1.94. The first-order valence-electron chi connectivity index (χ1n) is 10.7. The van der Waals surface area contributed by atoms with Crippen LogP contribution in [0.1, 0.15) is 42.5 Å². The molecule has 0 fully saturated rings. The van der Waals surface area contributed by atoms with E-state index in [1.54, 1.807) is 35.2 Å². The van der Waals surface area contributed by atoms with E-state index in [9.17, 15) is 9.59 Å². The summed E-state index contributed by atoms with van der Waals surface area (Å²) in [5, 5.41) is 0.941. The van der Waals surface area contributed by atoms with Gasteiger partial charge in [-0.1, -0.05) is 61.0 Å². The van der Waals surface area contributed by atoms with Gasteiger partial charge in [0.2, 0.25) is 0 Å². The summed E-state index contributed by atoms with van der Waals surface area (Å²) in [4.78, 5) is 33.6. The molecule has 162 valence electrons. The number of amides is 1. The Kier molecular flexibility index (Phi) is 6.37. The van der Waals surface area contributed by atoms with Gasteiger partial charge in [-0.2, -0.15) is 0 Å². The van der Waals surface area contributed by atoms with Crippen LogP contribution in [0.5, 0.6) is 0 Å². The molecule has 3 aromatic carbocycles. The van der Waals surface area contributed by atoms with Crippen molar-refractivity contribution in [1.82, 2.24) is 14.5 Å². The van der Waals surface area contributed by atoms with Gasteiger partial charge in [-0.15, -0.1) is 0 Å². The van der Waals surface area contributed by atoms with Gasteiger partial charge in [0.1, 0.15) is 5.82 Å². The second-order valence-electron chi connectivity index (χ2n) is 7.62. The second-order valence-corrected chi connectivity index (χ2v) is 8.03. The summed E-state index contributed by atoms with van der Waals surface area (Å²) < 4.78 is 1.54. The van der Waals surface area contributed by atoms with Crippen LogP contribution in [0.2, 0.25) is 5.02 Å². The van der Waals surface area contributed by atoms with Crippen LogP contribution in [0.25, 0.3) is 16.6 Å². The summed E-state index contributed by atoms with van der Waals surface area (Å²) >= 11 is 6.49. The Morgan fingerprint density at radius 1 is 1.00 bits per heavy atom. The average Bonchev–Trinajstić information content (AvgIpc) is 2.83. The molecular weight excluding hydrogens is 422 g/mol. The maximum atomic E-state index is 13.6. The first-order chi connectivity index (χ1) is 15.5. The van der Waals surface area contributed by atoms with Gasteiger partial charge >= 0.3 is 0 Å². The van der Waals surface area contributed by atoms with E-state index in [1.807, 2.05) is 62.4 Å². The van der Waals surface area contributed by atoms with Crippen molar-refractivity contribution < 1.29 is 4.79 Å². The number of fused-ring (bicyclic) bond motifs is 1. The number of carbonyl (C=O) groups excluding carboxylic acids is 1. The topological polar surface area (TPSA) is 55.2 Å². The third-order valence-electron chi connectivity index (χ3n) is 5.48. The Labute approximate surface area is 191 Å². The van der Waals surface area contributed by atoms with E-state index >= 15 is 0 Å². The minimum atomic E-state index is -0.462. The standard InChI is InChI=1S/C26H24ClN3O2/c1-3-17-29(25(31)19-11-5-4-6-12-19)18(2)24-28-22-15-9-7-13-20(22)26(32)30(24)23-16-10-8-14-21(23)27/h4-16,18H,3,17H2,1-2H3. The zero-order chi connectivity index (χ0) is 22.7. The van der Waals surface area contributed by atoms with Crippen molar-refractivity contribution in [3.05, 3.63) is 106 Å². The summed E-state index contributed by atoms with van der Waals surface area (Å²) in [6, 6.07) is 23.1. The number of benzene rings is 3. The van der Waals surface area contributed by atoms with Crippen LogP contribution < -0.4 is 5.56 Å². The Bertz CT molecular complexity index is 1320. The molecule has 0 N–H and O–H groups in total. The second kappa shape index (κ2) is 9.37. The van der Waals surface area contributed by atoms with Gasteiger partial charge in [0.15, 0.2) is 0 Å². The van der Waals surface area contributed by atoms with Crippen molar-refractivity contribution in [2.45, 2.75) is 26.3 Å². The van der Waals surface area contributed by atoms with Crippen molar-refractivity contribution in [2.24, 2.45) is 0 Å². The third kappa shape index (κ3) is 4.04. The normalized spacial score (nSPS) is 12.0. The highest BCUT2D eigenvalue weighted by Crippen LogP contribution is 2.27. The molecule has 1 aromatic heterocycles. The lowest BCUT2D eigenvalue weighted by molar-refractivity contribution is 0.0681. The molecule has 32 heavy (non-hydrogen) atoms. The number of halogens is 1. The molecule has 6 heteroatoms. The number of hydrogen-bond donors (Lipinski definition) is 0. The summed E-state index contributed by atoms with van der Waals surface area (Å²) in [6.45, 7) is 4.45. The van der Waals surface area contributed by atoms with Gasteiger partial charge in [0.25, 0.3) is 11.5 Å². The highest BCUT2D eigenvalue weighted by Gasteiger charge is 2.27. The minimum absolute atomic E-state index is 0.104. The Morgan fingerprint density at radius 2 is 1.66 bits per heavy atom. The molecule has 1 heterocycles. The van der Waals surface area contributed by atoms with Crippen molar-refractivity contribution in [2.75, 3.05) is 6.54 Å². The van der Waals surface area contributed by atoms with Gasteiger partial charge in [-0.3, -0.25) is 14.2 Å². The third-order valence-corrected chi connectivity index (χ3v) is 5.80. The summed E-state index contributed by atoms with van der Waals surface area (Å²) in [7, 11) is 0. The zero-order valence-corrected chi connectivity index (χ0v) is 18.8. The molecule has 0 saturated heterocycles. The number of aromatic nitrogens is 2. The fraction of sp³-hybridized carbons (Fsp3) is 0.192. The largest absolute Gasteiger partial charge is 0.329 e. The van der Waals surface area contributed by atoms with E-state index in [2.05, 4.69) is 0 Å². The number of nitrogens with zero attached hydrogens (tertiary/aromatic N) is 3. The van der Waals surface area contributed by atoms with Gasteiger partial charge in [0.05, 0.1) is 27.7 Å². The van der Waals surface area contributed by atoms with E-state index in [1.165, 1.54) is 4.57 Å². The first kappa shape index (κ1) is 21.8. The summed E-state index contributed by atoms with van der Waals surface area (Å²) in [6.07, 6.45) is 0.771. The molecule has 0 aliphatic rings. The summed E-state index contributed by atoms with van der Waals surface area (Å²) in [5.74, 6) is 0.368.